The van der Waals surface area contributed by atoms with Crippen LogP contribution in [0.1, 0.15) is 4.88 Å². The van der Waals surface area contributed by atoms with Crippen molar-refractivity contribution in [3.63, 3.8) is 0 Å². The molecule has 1 fully saturated rings. The van der Waals surface area contributed by atoms with E-state index in [0.29, 0.717) is 0 Å². The Morgan fingerprint density at radius 1 is 1.08 bits per heavy atom. The summed E-state index contributed by atoms with van der Waals surface area (Å²) in [7, 11) is 0. The summed E-state index contributed by atoms with van der Waals surface area (Å²) in [5, 5.41) is 12.3. The number of thiophene rings is 1. The Labute approximate surface area is 152 Å². The highest BCUT2D eigenvalue weighted by Crippen LogP contribution is 2.21. The van der Waals surface area contributed by atoms with Crippen LogP contribution in [-0.4, -0.2) is 46.4 Å². The van der Waals surface area contributed by atoms with E-state index < -0.39 is 0 Å². The lowest BCUT2D eigenvalue weighted by molar-refractivity contribution is -0.914. The maximum atomic E-state index is 4.24. The number of para-hydroxylation sites is 1. The van der Waals surface area contributed by atoms with Crippen LogP contribution in [0.15, 0.2) is 46.3 Å². The molecule has 0 amide bonds. The van der Waals surface area contributed by atoms with Gasteiger partial charge in [-0.15, -0.1) is 11.3 Å². The van der Waals surface area contributed by atoms with E-state index in [1.807, 2.05) is 46.4 Å². The minimum atomic E-state index is 0.833. The summed E-state index contributed by atoms with van der Waals surface area (Å²) in [6.45, 7) is 5.21. The first-order valence-corrected chi connectivity index (χ1v) is 9.57. The smallest absolute Gasteiger partial charge is 0.250 e. The third kappa shape index (κ3) is 3.35. The van der Waals surface area contributed by atoms with E-state index in [2.05, 4.69) is 48.5 Å². The number of aromatic nitrogens is 4. The molecule has 0 saturated carbocycles. The molecule has 0 atom stereocenters. The number of tetrazole rings is 1. The Morgan fingerprint density at radius 3 is 2.58 bits per heavy atom. The molecule has 2 aromatic heterocycles. The first-order valence-electron chi connectivity index (χ1n) is 7.96. The van der Waals surface area contributed by atoms with Gasteiger partial charge in [0.25, 0.3) is 5.95 Å². The molecule has 24 heavy (non-hydrogen) atoms. The highest BCUT2D eigenvalue weighted by atomic mass is 79.9. The van der Waals surface area contributed by atoms with Crippen LogP contribution < -0.4 is 9.80 Å². The highest BCUT2D eigenvalue weighted by molar-refractivity contribution is 9.11. The van der Waals surface area contributed by atoms with Crippen molar-refractivity contribution < 1.29 is 4.90 Å². The molecule has 0 unspecified atom stereocenters. The molecule has 3 aromatic rings. The van der Waals surface area contributed by atoms with E-state index in [1.54, 1.807) is 4.90 Å². The van der Waals surface area contributed by atoms with Gasteiger partial charge in [0.2, 0.25) is 0 Å². The third-order valence-electron chi connectivity index (χ3n) is 4.26. The number of hydrogen-bond acceptors (Lipinski definition) is 5. The van der Waals surface area contributed by atoms with Crippen LogP contribution >= 0.6 is 27.3 Å². The molecule has 0 bridgehead atoms. The van der Waals surface area contributed by atoms with E-state index in [9.17, 15) is 0 Å². The molecule has 1 aliphatic rings. The molecule has 124 valence electrons. The third-order valence-corrected chi connectivity index (χ3v) is 5.88. The fourth-order valence-corrected chi connectivity index (χ4v) is 4.56. The van der Waals surface area contributed by atoms with E-state index in [4.69, 9.17) is 0 Å². The van der Waals surface area contributed by atoms with Gasteiger partial charge in [0.15, 0.2) is 0 Å². The average Bonchev–Trinajstić information content (AvgIpc) is 3.26. The number of nitrogens with zero attached hydrogens (tertiary/aromatic N) is 5. The Bertz CT molecular complexity index is 794. The number of anilines is 1. The molecule has 1 aromatic carbocycles. The minimum Gasteiger partial charge on any atom is -0.328 e. The van der Waals surface area contributed by atoms with E-state index in [0.717, 1.165) is 44.4 Å². The summed E-state index contributed by atoms with van der Waals surface area (Å²) in [5.74, 6) is 0.833. The van der Waals surface area contributed by atoms with Gasteiger partial charge in [0, 0.05) is 0 Å². The monoisotopic (exact) mass is 405 g/mol. The zero-order chi connectivity index (χ0) is 16.4. The van der Waals surface area contributed by atoms with Gasteiger partial charge in [-0.2, -0.15) is 4.68 Å². The molecule has 8 heteroatoms. The van der Waals surface area contributed by atoms with Gasteiger partial charge < -0.3 is 9.80 Å². The number of piperazine rings is 1. The lowest BCUT2D eigenvalue weighted by atomic mass is 10.3. The van der Waals surface area contributed by atoms with Crippen molar-refractivity contribution in [2.75, 3.05) is 31.1 Å². The Hall–Kier alpha value is -1.77. The van der Waals surface area contributed by atoms with Gasteiger partial charge in [-0.25, -0.2) is 0 Å². The van der Waals surface area contributed by atoms with Gasteiger partial charge in [-0.3, -0.25) is 0 Å². The lowest BCUT2D eigenvalue weighted by Crippen LogP contribution is -3.13. The number of rotatable bonds is 4. The van der Waals surface area contributed by atoms with Crippen LogP contribution in [0.3, 0.4) is 0 Å². The minimum absolute atomic E-state index is 0.833. The average molecular weight is 406 g/mol. The number of halogens is 1. The van der Waals surface area contributed by atoms with Crippen molar-refractivity contribution in [2.45, 2.75) is 6.54 Å². The Morgan fingerprint density at radius 2 is 1.88 bits per heavy atom. The lowest BCUT2D eigenvalue weighted by Gasteiger charge is -2.32. The van der Waals surface area contributed by atoms with Gasteiger partial charge in [0.05, 0.1) is 40.5 Å². The number of quaternary nitrogens is 1. The van der Waals surface area contributed by atoms with E-state index in [1.165, 1.54) is 8.66 Å². The van der Waals surface area contributed by atoms with Gasteiger partial charge in [0.1, 0.15) is 6.54 Å². The summed E-state index contributed by atoms with van der Waals surface area (Å²) in [5.41, 5.74) is 0.996. The Balaban J connectivity index is 1.42. The van der Waals surface area contributed by atoms with Crippen molar-refractivity contribution >= 4 is 33.2 Å². The second-order valence-electron chi connectivity index (χ2n) is 5.85. The molecule has 1 N–H and O–H groups in total. The molecule has 6 nitrogen and oxygen atoms in total. The summed E-state index contributed by atoms with van der Waals surface area (Å²) in [6.07, 6.45) is 0. The zero-order valence-corrected chi connectivity index (χ0v) is 15.5. The van der Waals surface area contributed by atoms with Crippen molar-refractivity contribution in [3.05, 3.63) is 51.1 Å². The molecule has 3 heterocycles. The molecular formula is C16H18BrN6S+. The first-order chi connectivity index (χ1) is 11.8. The van der Waals surface area contributed by atoms with Crippen LogP contribution in [0.5, 0.6) is 0 Å². The van der Waals surface area contributed by atoms with Crippen molar-refractivity contribution in [2.24, 2.45) is 0 Å². The fraction of sp³-hybridized carbons (Fsp3) is 0.312. The fourth-order valence-electron chi connectivity index (χ4n) is 3.01. The quantitative estimate of drug-likeness (QED) is 0.712. The van der Waals surface area contributed by atoms with Crippen LogP contribution in [0, 0.1) is 0 Å². The Kier molecular flexibility index (Phi) is 4.59. The van der Waals surface area contributed by atoms with Crippen molar-refractivity contribution in [1.29, 1.82) is 0 Å². The van der Waals surface area contributed by atoms with Crippen LogP contribution in [0.25, 0.3) is 5.69 Å². The highest BCUT2D eigenvalue weighted by Gasteiger charge is 2.24. The van der Waals surface area contributed by atoms with Gasteiger partial charge >= 0.3 is 0 Å². The first kappa shape index (κ1) is 15.7. The normalized spacial score (nSPS) is 15.8. The molecule has 0 radical (unpaired) electrons. The van der Waals surface area contributed by atoms with Crippen LogP contribution in [0.4, 0.5) is 5.95 Å². The maximum Gasteiger partial charge on any atom is 0.250 e. The molecule has 0 spiro atoms. The summed E-state index contributed by atoms with van der Waals surface area (Å²) in [6, 6.07) is 14.4. The standard InChI is InChI=1S/C16H17BrN6S/c17-15-7-6-14(24-15)12-21-8-10-22(11-9-21)16-18-19-20-23(16)13-4-2-1-3-5-13/h1-7H,8-12H2/p+1. The zero-order valence-electron chi connectivity index (χ0n) is 13.1. The number of nitrogens with one attached hydrogen (secondary N) is 1. The number of hydrogen-bond donors (Lipinski definition) is 1. The van der Waals surface area contributed by atoms with Gasteiger partial charge in [-0.05, 0) is 50.6 Å². The molecule has 1 aliphatic heterocycles. The molecule has 1 saturated heterocycles. The largest absolute Gasteiger partial charge is 0.328 e. The van der Waals surface area contributed by atoms with Crippen LogP contribution in [-0.2, 0) is 6.54 Å². The van der Waals surface area contributed by atoms with E-state index >= 15 is 0 Å². The van der Waals surface area contributed by atoms with Crippen molar-refractivity contribution in [1.82, 2.24) is 20.2 Å². The second-order valence-corrected chi connectivity index (χ2v) is 8.39. The van der Waals surface area contributed by atoms with Gasteiger partial charge in [-0.1, -0.05) is 23.3 Å². The summed E-state index contributed by atoms with van der Waals surface area (Å²) >= 11 is 5.36. The van der Waals surface area contributed by atoms with Crippen molar-refractivity contribution in [3.8, 4) is 5.69 Å². The molecule has 4 rings (SSSR count). The maximum absolute atomic E-state index is 4.24. The second kappa shape index (κ2) is 7.00. The summed E-state index contributed by atoms with van der Waals surface area (Å²) in [4.78, 5) is 5.32. The summed E-state index contributed by atoms with van der Waals surface area (Å²) < 4.78 is 3.03. The predicted molar refractivity (Wildman–Crippen MR) is 97.8 cm³/mol. The van der Waals surface area contributed by atoms with Crippen LogP contribution in [0.2, 0.25) is 0 Å². The number of benzene rings is 1. The molecule has 0 aliphatic carbocycles. The van der Waals surface area contributed by atoms with E-state index in [-0.39, 0.29) is 0 Å². The SMILES string of the molecule is Brc1ccc(C[NH+]2CCN(c3nnnn3-c3ccccc3)CC2)s1. The topological polar surface area (TPSA) is 51.3 Å². The predicted octanol–water partition coefficient (Wildman–Crippen LogP) is 1.39. The molecular weight excluding hydrogens is 388 g/mol.